The summed E-state index contributed by atoms with van der Waals surface area (Å²) in [5.41, 5.74) is -6.21. The van der Waals surface area contributed by atoms with Crippen molar-refractivity contribution in [1.29, 1.82) is 5.26 Å². The Morgan fingerprint density at radius 2 is 1.55 bits per heavy atom. The highest BCUT2D eigenvalue weighted by molar-refractivity contribution is 7.10. The SMILES string of the molecule is CN(Cc1cc(C(F)(F)F)cc(C(F)(F)F)c1)C(=O)Nc1snc(C(F)(F)F)c1C#N. The molecule has 0 saturated heterocycles. The molecule has 0 saturated carbocycles. The number of nitrogens with zero attached hydrogens (tertiary/aromatic N) is 3. The number of amides is 2. The van der Waals surface area contributed by atoms with Crippen LogP contribution >= 0.6 is 11.5 Å². The fourth-order valence-corrected chi connectivity index (χ4v) is 3.07. The number of benzene rings is 1. The third-order valence-corrected chi connectivity index (χ3v) is 4.47. The van der Waals surface area contributed by atoms with Crippen molar-refractivity contribution in [3.8, 4) is 6.07 Å². The van der Waals surface area contributed by atoms with Crippen molar-refractivity contribution < 1.29 is 44.3 Å². The number of rotatable bonds is 3. The van der Waals surface area contributed by atoms with E-state index in [9.17, 15) is 44.3 Å². The van der Waals surface area contributed by atoms with Gasteiger partial charge in [-0.05, 0) is 35.3 Å². The highest BCUT2D eigenvalue weighted by Gasteiger charge is 2.39. The van der Waals surface area contributed by atoms with Gasteiger partial charge in [-0.2, -0.15) is 49.1 Å². The van der Waals surface area contributed by atoms with Gasteiger partial charge in [0.15, 0.2) is 5.69 Å². The second kappa shape index (κ2) is 8.25. The zero-order chi connectivity index (χ0) is 23.8. The van der Waals surface area contributed by atoms with E-state index in [1.807, 2.05) is 5.32 Å². The quantitative estimate of drug-likeness (QED) is 0.575. The Bertz CT molecular complexity index is 986. The lowest BCUT2D eigenvalue weighted by Crippen LogP contribution is -2.31. The van der Waals surface area contributed by atoms with Gasteiger partial charge in [-0.25, -0.2) is 4.79 Å². The van der Waals surface area contributed by atoms with Gasteiger partial charge in [0.1, 0.15) is 16.6 Å². The van der Waals surface area contributed by atoms with E-state index in [-0.39, 0.29) is 17.6 Å². The fourth-order valence-electron chi connectivity index (χ4n) is 2.32. The van der Waals surface area contributed by atoms with E-state index in [1.165, 1.54) is 6.07 Å². The number of halogens is 9. The van der Waals surface area contributed by atoms with Crippen molar-refractivity contribution in [2.75, 3.05) is 12.4 Å². The molecule has 0 fully saturated rings. The van der Waals surface area contributed by atoms with Crippen LogP contribution in [0.4, 0.5) is 49.3 Å². The highest BCUT2D eigenvalue weighted by atomic mass is 32.1. The van der Waals surface area contributed by atoms with E-state index >= 15 is 0 Å². The second-order valence-corrected chi connectivity index (χ2v) is 6.82. The molecule has 15 heteroatoms. The normalized spacial score (nSPS) is 12.4. The summed E-state index contributed by atoms with van der Waals surface area (Å²) in [6, 6.07) is 0.794. The van der Waals surface area contributed by atoms with Crippen LogP contribution < -0.4 is 5.32 Å². The van der Waals surface area contributed by atoms with Crippen molar-refractivity contribution in [2.24, 2.45) is 0 Å². The van der Waals surface area contributed by atoms with Gasteiger partial charge >= 0.3 is 24.6 Å². The van der Waals surface area contributed by atoms with Crippen LogP contribution in [0.5, 0.6) is 0 Å². The molecule has 2 amide bonds. The van der Waals surface area contributed by atoms with E-state index in [0.29, 0.717) is 17.0 Å². The van der Waals surface area contributed by atoms with Gasteiger partial charge in [-0.1, -0.05) is 0 Å². The van der Waals surface area contributed by atoms with Crippen molar-refractivity contribution >= 4 is 22.6 Å². The molecule has 5 nitrogen and oxygen atoms in total. The molecule has 2 rings (SSSR count). The molecule has 0 aliphatic heterocycles. The number of carbonyl (C=O) groups excluding carboxylic acids is 1. The predicted molar refractivity (Wildman–Crippen MR) is 88.8 cm³/mol. The van der Waals surface area contributed by atoms with Crippen molar-refractivity contribution in [3.63, 3.8) is 0 Å². The van der Waals surface area contributed by atoms with Crippen LogP contribution in [0.1, 0.15) is 27.9 Å². The monoisotopic (exact) mass is 476 g/mol. The van der Waals surface area contributed by atoms with Crippen molar-refractivity contribution in [1.82, 2.24) is 9.27 Å². The Kier molecular flexibility index (Phi) is 6.45. The molecule has 2 aromatic rings. The summed E-state index contributed by atoms with van der Waals surface area (Å²) in [6.45, 7) is -0.744. The Morgan fingerprint density at radius 1 is 1.03 bits per heavy atom. The number of anilines is 1. The molecule has 1 heterocycles. The summed E-state index contributed by atoms with van der Waals surface area (Å²) in [6.07, 6.45) is -15.1. The summed E-state index contributed by atoms with van der Waals surface area (Å²) in [5.74, 6) is 0. The number of nitriles is 1. The lowest BCUT2D eigenvalue weighted by atomic mass is 10.0. The molecule has 0 radical (unpaired) electrons. The number of hydrogen-bond acceptors (Lipinski definition) is 4. The molecule has 31 heavy (non-hydrogen) atoms. The van der Waals surface area contributed by atoms with Crippen LogP contribution in [-0.2, 0) is 25.1 Å². The smallest absolute Gasteiger partial charge is 0.323 e. The standard InChI is InChI=1S/C16H9F9N4OS/c1-29(13(30)27-12-10(5-26)11(28-31-12)16(23,24)25)6-7-2-8(14(17,18)19)4-9(3-7)15(20,21)22/h2-4H,6H2,1H3,(H,27,30). The molecule has 0 aliphatic rings. The summed E-state index contributed by atoms with van der Waals surface area (Å²) < 4.78 is 119. The lowest BCUT2D eigenvalue weighted by Gasteiger charge is -2.20. The first-order chi connectivity index (χ1) is 14.0. The van der Waals surface area contributed by atoms with Gasteiger partial charge in [0.25, 0.3) is 0 Å². The minimum Gasteiger partial charge on any atom is -0.323 e. The minimum absolute atomic E-state index is 0.0846. The minimum atomic E-state index is -5.09. The van der Waals surface area contributed by atoms with Crippen LogP contribution in [0, 0.1) is 11.3 Å². The molecule has 0 unspecified atom stereocenters. The number of alkyl halides is 9. The van der Waals surface area contributed by atoms with Crippen molar-refractivity contribution in [3.05, 3.63) is 46.1 Å². The number of aromatic nitrogens is 1. The van der Waals surface area contributed by atoms with Crippen LogP contribution in [0.2, 0.25) is 0 Å². The van der Waals surface area contributed by atoms with Crippen molar-refractivity contribution in [2.45, 2.75) is 25.1 Å². The molecule has 0 spiro atoms. The molecule has 1 N–H and O–H groups in total. The topological polar surface area (TPSA) is 69.0 Å². The Morgan fingerprint density at radius 3 is 1.97 bits per heavy atom. The number of carbonyl (C=O) groups is 1. The zero-order valence-corrected chi connectivity index (χ0v) is 15.8. The number of urea groups is 1. The summed E-state index contributed by atoms with van der Waals surface area (Å²) in [5, 5.41) is 10.3. The zero-order valence-electron chi connectivity index (χ0n) is 15.0. The Hall–Kier alpha value is -3.02. The maximum atomic E-state index is 12.9. The van der Waals surface area contributed by atoms with Gasteiger partial charge in [-0.15, -0.1) is 0 Å². The van der Waals surface area contributed by atoms with Gasteiger partial charge in [0, 0.05) is 13.6 Å². The molecule has 1 aromatic carbocycles. The molecule has 0 atom stereocenters. The molecular weight excluding hydrogens is 467 g/mol. The molecule has 0 aliphatic carbocycles. The van der Waals surface area contributed by atoms with Crippen LogP contribution in [-0.4, -0.2) is 22.4 Å². The fraction of sp³-hybridized carbons (Fsp3) is 0.312. The molecular formula is C16H9F9N4OS. The maximum absolute atomic E-state index is 12.9. The molecule has 0 bridgehead atoms. The number of hydrogen-bond donors (Lipinski definition) is 1. The van der Waals surface area contributed by atoms with Gasteiger partial charge in [0.2, 0.25) is 0 Å². The first-order valence-electron chi connectivity index (χ1n) is 7.81. The van der Waals surface area contributed by atoms with Crippen LogP contribution in [0.15, 0.2) is 18.2 Å². The predicted octanol–water partition coefficient (Wildman–Crippen LogP) is 5.74. The third-order valence-electron chi connectivity index (χ3n) is 3.71. The van der Waals surface area contributed by atoms with Crippen LogP contribution in [0.3, 0.4) is 0 Å². The Labute approximate surface area is 171 Å². The van der Waals surface area contributed by atoms with E-state index < -0.39 is 64.1 Å². The average Bonchev–Trinajstić information content (AvgIpc) is 3.02. The van der Waals surface area contributed by atoms with Crippen LogP contribution in [0.25, 0.3) is 0 Å². The van der Waals surface area contributed by atoms with E-state index in [4.69, 9.17) is 5.26 Å². The average molecular weight is 476 g/mol. The van der Waals surface area contributed by atoms with Gasteiger partial charge in [0.05, 0.1) is 11.1 Å². The van der Waals surface area contributed by atoms with Gasteiger partial charge < -0.3 is 4.90 Å². The van der Waals surface area contributed by atoms with Gasteiger partial charge in [-0.3, -0.25) is 5.32 Å². The lowest BCUT2D eigenvalue weighted by molar-refractivity contribution is -0.143. The maximum Gasteiger partial charge on any atom is 0.435 e. The largest absolute Gasteiger partial charge is 0.435 e. The highest BCUT2D eigenvalue weighted by Crippen LogP contribution is 2.38. The first kappa shape index (κ1) is 24.3. The van der Waals surface area contributed by atoms with E-state index in [0.717, 1.165) is 7.05 Å². The second-order valence-electron chi connectivity index (χ2n) is 6.05. The summed E-state index contributed by atoms with van der Waals surface area (Å²) >= 11 is 0.143. The third kappa shape index (κ3) is 5.78. The summed E-state index contributed by atoms with van der Waals surface area (Å²) in [4.78, 5) is 12.8. The molecule has 168 valence electrons. The molecule has 1 aromatic heterocycles. The van der Waals surface area contributed by atoms with E-state index in [1.54, 1.807) is 0 Å². The first-order valence-corrected chi connectivity index (χ1v) is 8.58. The van der Waals surface area contributed by atoms with E-state index in [2.05, 4.69) is 4.37 Å². The Balaban J connectivity index is 2.28. The number of nitrogens with one attached hydrogen (secondary N) is 1. The summed E-state index contributed by atoms with van der Waals surface area (Å²) in [7, 11) is 0.987.